The van der Waals surface area contributed by atoms with E-state index in [9.17, 15) is 0 Å². The first-order valence-corrected chi connectivity index (χ1v) is 8.00. The van der Waals surface area contributed by atoms with E-state index in [1.165, 1.54) is 22.3 Å². The van der Waals surface area contributed by atoms with E-state index in [4.69, 9.17) is 0 Å². The zero-order chi connectivity index (χ0) is 16.2. The Labute approximate surface area is 141 Å². The summed E-state index contributed by atoms with van der Waals surface area (Å²) < 4.78 is 3.86. The van der Waals surface area contributed by atoms with Gasteiger partial charge in [0.25, 0.3) is 0 Å². The number of benzene rings is 2. The molecule has 0 fully saturated rings. The lowest BCUT2D eigenvalue weighted by Crippen LogP contribution is -2.00. The second-order valence-corrected chi connectivity index (χ2v) is 5.80. The zero-order valence-electron chi connectivity index (χ0n) is 13.3. The van der Waals surface area contributed by atoms with Crippen LogP contribution in [0.1, 0.15) is 11.1 Å². The highest BCUT2D eigenvalue weighted by molar-refractivity contribution is 5.63. The van der Waals surface area contributed by atoms with Gasteiger partial charge in [0.1, 0.15) is 0 Å². The molecule has 4 aromatic rings. The molecule has 0 unspecified atom stereocenters. The quantitative estimate of drug-likeness (QED) is 0.561. The van der Waals surface area contributed by atoms with Crippen molar-refractivity contribution in [2.24, 2.45) is 0 Å². The van der Waals surface area contributed by atoms with Crippen molar-refractivity contribution < 1.29 is 0 Å². The second-order valence-electron chi connectivity index (χ2n) is 5.80. The standard InChI is InChI=1S/C20H18N4/c1-11-21-23(13-1)15-17-3-7-19(8-4-17)20-9-5-18(6-10-20)16-24-14-2-12-22-24/h1-14H,15-16H2. The Morgan fingerprint density at radius 2 is 1.00 bits per heavy atom. The molecule has 0 aliphatic carbocycles. The molecule has 118 valence electrons. The Balaban J connectivity index is 1.47. The molecule has 2 aromatic carbocycles. The van der Waals surface area contributed by atoms with Gasteiger partial charge in [-0.2, -0.15) is 10.2 Å². The molecule has 0 bridgehead atoms. The molecule has 0 saturated carbocycles. The minimum Gasteiger partial charge on any atom is -0.268 e. The lowest BCUT2D eigenvalue weighted by atomic mass is 10.0. The first-order valence-electron chi connectivity index (χ1n) is 8.00. The Morgan fingerprint density at radius 1 is 0.583 bits per heavy atom. The van der Waals surface area contributed by atoms with Crippen molar-refractivity contribution in [3.05, 3.63) is 96.6 Å². The van der Waals surface area contributed by atoms with Crippen LogP contribution in [0.2, 0.25) is 0 Å². The maximum Gasteiger partial charge on any atom is 0.0659 e. The van der Waals surface area contributed by atoms with E-state index in [-0.39, 0.29) is 0 Å². The van der Waals surface area contributed by atoms with Gasteiger partial charge in [-0.15, -0.1) is 0 Å². The van der Waals surface area contributed by atoms with Crippen LogP contribution in [0.25, 0.3) is 11.1 Å². The Kier molecular flexibility index (Phi) is 3.94. The van der Waals surface area contributed by atoms with Crippen LogP contribution in [-0.2, 0) is 13.1 Å². The summed E-state index contributed by atoms with van der Waals surface area (Å²) in [6.07, 6.45) is 7.57. The Morgan fingerprint density at radius 3 is 1.33 bits per heavy atom. The van der Waals surface area contributed by atoms with Gasteiger partial charge < -0.3 is 0 Å². The van der Waals surface area contributed by atoms with Gasteiger partial charge in [-0.25, -0.2) is 0 Å². The fraction of sp³-hybridized carbons (Fsp3) is 0.100. The number of hydrogen-bond donors (Lipinski definition) is 0. The number of aromatic nitrogens is 4. The summed E-state index contributed by atoms with van der Waals surface area (Å²) in [6.45, 7) is 1.60. The zero-order valence-corrected chi connectivity index (χ0v) is 13.3. The molecule has 0 aliphatic heterocycles. The van der Waals surface area contributed by atoms with Crippen molar-refractivity contribution in [3.8, 4) is 11.1 Å². The van der Waals surface area contributed by atoms with Crippen molar-refractivity contribution in [2.45, 2.75) is 13.1 Å². The van der Waals surface area contributed by atoms with Crippen LogP contribution < -0.4 is 0 Å². The highest BCUT2D eigenvalue weighted by Crippen LogP contribution is 2.21. The Bertz CT molecular complexity index is 796. The van der Waals surface area contributed by atoms with E-state index in [1.54, 1.807) is 12.4 Å². The van der Waals surface area contributed by atoms with Crippen LogP contribution in [-0.4, -0.2) is 19.6 Å². The molecule has 24 heavy (non-hydrogen) atoms. The number of nitrogens with zero attached hydrogens (tertiary/aromatic N) is 4. The topological polar surface area (TPSA) is 35.6 Å². The molecule has 4 nitrogen and oxygen atoms in total. The van der Waals surface area contributed by atoms with Gasteiger partial charge in [-0.3, -0.25) is 9.36 Å². The van der Waals surface area contributed by atoms with Crippen LogP contribution in [0.15, 0.2) is 85.5 Å². The normalized spacial score (nSPS) is 10.8. The van der Waals surface area contributed by atoms with E-state index >= 15 is 0 Å². The summed E-state index contributed by atoms with van der Waals surface area (Å²) >= 11 is 0. The first kappa shape index (κ1) is 14.5. The molecule has 2 heterocycles. The Hall–Kier alpha value is -3.14. The van der Waals surface area contributed by atoms with E-state index in [2.05, 4.69) is 58.7 Å². The molecule has 4 heteroatoms. The fourth-order valence-corrected chi connectivity index (χ4v) is 2.77. The smallest absolute Gasteiger partial charge is 0.0659 e. The van der Waals surface area contributed by atoms with Crippen LogP contribution in [0.3, 0.4) is 0 Å². The van der Waals surface area contributed by atoms with Crippen molar-refractivity contribution >= 4 is 0 Å². The fourth-order valence-electron chi connectivity index (χ4n) is 2.77. The van der Waals surface area contributed by atoms with Gasteiger partial charge in [-0.1, -0.05) is 48.5 Å². The van der Waals surface area contributed by atoms with Gasteiger partial charge in [0.15, 0.2) is 0 Å². The van der Waals surface area contributed by atoms with Gasteiger partial charge in [0.2, 0.25) is 0 Å². The minimum absolute atomic E-state index is 0.802. The van der Waals surface area contributed by atoms with Crippen molar-refractivity contribution in [1.82, 2.24) is 19.6 Å². The van der Waals surface area contributed by atoms with E-state index in [1.807, 2.05) is 33.9 Å². The lowest BCUT2D eigenvalue weighted by molar-refractivity contribution is 0.687. The summed E-state index contributed by atoms with van der Waals surface area (Å²) in [6, 6.07) is 21.2. The molecule has 0 atom stereocenters. The van der Waals surface area contributed by atoms with E-state index in [0.29, 0.717) is 0 Å². The predicted molar refractivity (Wildman–Crippen MR) is 94.5 cm³/mol. The SMILES string of the molecule is c1cnn(Cc2ccc(-c3ccc(Cn4cccn4)cc3)cc2)c1. The maximum absolute atomic E-state index is 4.24. The molecular weight excluding hydrogens is 296 g/mol. The molecule has 0 aliphatic rings. The minimum atomic E-state index is 0.802. The predicted octanol–water partition coefficient (Wildman–Crippen LogP) is 3.84. The monoisotopic (exact) mass is 314 g/mol. The summed E-state index contributed by atoms with van der Waals surface area (Å²) in [4.78, 5) is 0. The van der Waals surface area contributed by atoms with Gasteiger partial charge in [0, 0.05) is 24.8 Å². The molecule has 4 rings (SSSR count). The third-order valence-corrected chi connectivity index (χ3v) is 4.05. The summed E-state index contributed by atoms with van der Waals surface area (Å²) in [5.74, 6) is 0. The molecule has 0 N–H and O–H groups in total. The van der Waals surface area contributed by atoms with E-state index in [0.717, 1.165) is 13.1 Å². The average molecular weight is 314 g/mol. The van der Waals surface area contributed by atoms with Gasteiger partial charge in [0.05, 0.1) is 13.1 Å². The largest absolute Gasteiger partial charge is 0.268 e. The summed E-state index contributed by atoms with van der Waals surface area (Å²) in [5, 5.41) is 8.48. The highest BCUT2D eigenvalue weighted by atomic mass is 15.3. The average Bonchev–Trinajstić information content (AvgIpc) is 3.31. The molecule has 0 radical (unpaired) electrons. The van der Waals surface area contributed by atoms with Crippen LogP contribution in [0.5, 0.6) is 0 Å². The third-order valence-electron chi connectivity index (χ3n) is 4.05. The van der Waals surface area contributed by atoms with Crippen molar-refractivity contribution in [3.63, 3.8) is 0 Å². The third kappa shape index (κ3) is 3.27. The molecule has 2 aromatic heterocycles. The first-order chi connectivity index (χ1) is 11.9. The molecule has 0 amide bonds. The highest BCUT2D eigenvalue weighted by Gasteiger charge is 2.01. The summed E-state index contributed by atoms with van der Waals surface area (Å²) in [5.41, 5.74) is 4.95. The number of rotatable bonds is 5. The number of hydrogen-bond acceptors (Lipinski definition) is 2. The van der Waals surface area contributed by atoms with E-state index < -0.39 is 0 Å². The van der Waals surface area contributed by atoms with Gasteiger partial charge >= 0.3 is 0 Å². The maximum atomic E-state index is 4.24. The van der Waals surface area contributed by atoms with Crippen LogP contribution in [0.4, 0.5) is 0 Å². The molecule has 0 spiro atoms. The molecular formula is C20H18N4. The second kappa shape index (κ2) is 6.54. The molecule has 0 saturated heterocycles. The van der Waals surface area contributed by atoms with Crippen molar-refractivity contribution in [1.29, 1.82) is 0 Å². The lowest BCUT2D eigenvalue weighted by Gasteiger charge is -2.07. The van der Waals surface area contributed by atoms with Crippen molar-refractivity contribution in [2.75, 3.05) is 0 Å². The van der Waals surface area contributed by atoms with Gasteiger partial charge in [-0.05, 0) is 34.4 Å². The summed E-state index contributed by atoms with van der Waals surface area (Å²) in [7, 11) is 0. The van der Waals surface area contributed by atoms with Crippen LogP contribution in [0, 0.1) is 0 Å². The van der Waals surface area contributed by atoms with Crippen LogP contribution >= 0.6 is 0 Å².